The van der Waals surface area contributed by atoms with Crippen molar-refractivity contribution in [1.82, 2.24) is 4.31 Å². The van der Waals surface area contributed by atoms with E-state index in [4.69, 9.17) is 4.18 Å². The van der Waals surface area contributed by atoms with E-state index in [1.54, 1.807) is 19.2 Å². The maximum atomic E-state index is 12.3. The van der Waals surface area contributed by atoms with Gasteiger partial charge in [-0.2, -0.15) is 12.7 Å². The Morgan fingerprint density at radius 2 is 1.77 bits per heavy atom. The molecule has 0 aliphatic heterocycles. The maximum absolute atomic E-state index is 12.3. The van der Waals surface area contributed by atoms with Gasteiger partial charge in [0.2, 0.25) is 5.91 Å². The highest BCUT2D eigenvalue weighted by atomic mass is 32.2. The number of hydrogen-bond acceptors (Lipinski definition) is 4. The van der Waals surface area contributed by atoms with Crippen LogP contribution in [0, 0.1) is 0 Å². The van der Waals surface area contributed by atoms with Crippen LogP contribution in [0.5, 0.6) is 5.75 Å². The van der Waals surface area contributed by atoms with Crippen molar-refractivity contribution in [2.45, 2.75) is 45.1 Å². The van der Waals surface area contributed by atoms with Crippen LogP contribution >= 0.6 is 0 Å². The molecule has 0 saturated heterocycles. The number of anilines is 1. The Morgan fingerprint density at radius 3 is 2.32 bits per heavy atom. The molecule has 1 aliphatic rings. The number of hydrogen-bond donors (Lipinski definition) is 1. The molecule has 0 heterocycles. The third kappa shape index (κ3) is 4.45. The lowest BCUT2D eigenvalue weighted by Crippen LogP contribution is -2.40. The van der Waals surface area contributed by atoms with Gasteiger partial charge in [-0.1, -0.05) is 19.3 Å². The summed E-state index contributed by atoms with van der Waals surface area (Å²) in [6.45, 7) is 1.41. The molecule has 1 N–H and O–H groups in total. The minimum atomic E-state index is -3.80. The Kier molecular flexibility index (Phi) is 5.42. The van der Waals surface area contributed by atoms with Crippen molar-refractivity contribution in [3.8, 4) is 5.75 Å². The lowest BCUT2D eigenvalue weighted by molar-refractivity contribution is -0.114. The first-order valence-corrected chi connectivity index (χ1v) is 8.80. The van der Waals surface area contributed by atoms with Gasteiger partial charge in [0.05, 0.1) is 0 Å². The molecule has 1 amide bonds. The SMILES string of the molecule is CC(=O)Nc1ccc(OS(=O)(=O)N(C)C2CCCCC2)cc1. The highest BCUT2D eigenvalue weighted by molar-refractivity contribution is 7.84. The van der Waals surface area contributed by atoms with Crippen molar-refractivity contribution in [1.29, 1.82) is 0 Å². The van der Waals surface area contributed by atoms with Crippen LogP contribution in [-0.2, 0) is 15.1 Å². The molecule has 1 aliphatic carbocycles. The van der Waals surface area contributed by atoms with Crippen molar-refractivity contribution in [3.05, 3.63) is 24.3 Å². The number of carbonyl (C=O) groups excluding carboxylic acids is 1. The van der Waals surface area contributed by atoms with Crippen molar-refractivity contribution in [3.63, 3.8) is 0 Å². The molecule has 22 heavy (non-hydrogen) atoms. The summed E-state index contributed by atoms with van der Waals surface area (Å²) in [5.74, 6) is 0.0510. The predicted octanol–water partition coefficient (Wildman–Crippen LogP) is 2.53. The molecular weight excluding hydrogens is 304 g/mol. The van der Waals surface area contributed by atoms with E-state index < -0.39 is 10.3 Å². The van der Waals surface area contributed by atoms with Gasteiger partial charge in [-0.3, -0.25) is 4.79 Å². The van der Waals surface area contributed by atoms with E-state index in [1.807, 2.05) is 0 Å². The summed E-state index contributed by atoms with van der Waals surface area (Å²) < 4.78 is 31.1. The highest BCUT2D eigenvalue weighted by Gasteiger charge is 2.29. The lowest BCUT2D eigenvalue weighted by atomic mass is 9.96. The van der Waals surface area contributed by atoms with Crippen LogP contribution in [-0.4, -0.2) is 31.7 Å². The summed E-state index contributed by atoms with van der Waals surface area (Å²) in [5.41, 5.74) is 0.595. The highest BCUT2D eigenvalue weighted by Crippen LogP contribution is 2.25. The molecule has 122 valence electrons. The van der Waals surface area contributed by atoms with E-state index in [0.29, 0.717) is 5.69 Å². The van der Waals surface area contributed by atoms with Gasteiger partial charge in [0.1, 0.15) is 5.75 Å². The lowest BCUT2D eigenvalue weighted by Gasteiger charge is -2.29. The molecule has 2 rings (SSSR count). The zero-order chi connectivity index (χ0) is 16.2. The van der Waals surface area contributed by atoms with E-state index >= 15 is 0 Å². The van der Waals surface area contributed by atoms with Gasteiger partial charge in [-0.15, -0.1) is 0 Å². The second-order valence-corrected chi connectivity index (χ2v) is 7.15. The van der Waals surface area contributed by atoms with Gasteiger partial charge in [-0.25, -0.2) is 0 Å². The fourth-order valence-electron chi connectivity index (χ4n) is 2.60. The van der Waals surface area contributed by atoms with Crippen molar-refractivity contribution in [2.75, 3.05) is 12.4 Å². The van der Waals surface area contributed by atoms with Crippen molar-refractivity contribution < 1.29 is 17.4 Å². The van der Waals surface area contributed by atoms with Crippen LogP contribution in [0.25, 0.3) is 0 Å². The molecule has 1 aromatic carbocycles. The number of amides is 1. The molecule has 7 heteroatoms. The fourth-order valence-corrected chi connectivity index (χ4v) is 3.65. The zero-order valence-corrected chi connectivity index (χ0v) is 13.7. The average Bonchev–Trinajstić information content (AvgIpc) is 2.48. The van der Waals surface area contributed by atoms with Gasteiger partial charge in [-0.05, 0) is 37.1 Å². The summed E-state index contributed by atoms with van der Waals surface area (Å²) in [6, 6.07) is 6.27. The first kappa shape index (κ1) is 16.8. The predicted molar refractivity (Wildman–Crippen MR) is 84.9 cm³/mol. The first-order valence-electron chi connectivity index (χ1n) is 7.43. The zero-order valence-electron chi connectivity index (χ0n) is 12.9. The van der Waals surface area contributed by atoms with E-state index in [1.165, 1.54) is 23.4 Å². The van der Waals surface area contributed by atoms with Crippen molar-refractivity contribution >= 4 is 21.9 Å². The van der Waals surface area contributed by atoms with E-state index in [9.17, 15) is 13.2 Å². The van der Waals surface area contributed by atoms with E-state index in [2.05, 4.69) is 5.32 Å². The van der Waals surface area contributed by atoms with Gasteiger partial charge in [0, 0.05) is 25.7 Å². The molecule has 0 spiro atoms. The van der Waals surface area contributed by atoms with Gasteiger partial charge >= 0.3 is 10.3 Å². The third-order valence-electron chi connectivity index (χ3n) is 3.82. The molecule has 0 bridgehead atoms. The summed E-state index contributed by atoms with van der Waals surface area (Å²) in [5, 5.41) is 2.61. The average molecular weight is 326 g/mol. The summed E-state index contributed by atoms with van der Waals surface area (Å²) in [6.07, 6.45) is 5.02. The molecule has 0 unspecified atom stereocenters. The molecule has 6 nitrogen and oxygen atoms in total. The van der Waals surface area contributed by atoms with E-state index in [0.717, 1.165) is 32.1 Å². The first-order chi connectivity index (χ1) is 10.4. The van der Waals surface area contributed by atoms with Crippen LogP contribution in [0.4, 0.5) is 5.69 Å². The summed E-state index contributed by atoms with van der Waals surface area (Å²) in [7, 11) is -2.24. The van der Waals surface area contributed by atoms with Crippen LogP contribution < -0.4 is 9.50 Å². The second kappa shape index (κ2) is 7.11. The molecule has 1 saturated carbocycles. The van der Waals surface area contributed by atoms with Gasteiger partial charge in [0.25, 0.3) is 0 Å². The number of nitrogens with one attached hydrogen (secondary N) is 1. The van der Waals surface area contributed by atoms with Crippen LogP contribution in [0.15, 0.2) is 24.3 Å². The quantitative estimate of drug-likeness (QED) is 0.902. The van der Waals surface area contributed by atoms with E-state index in [-0.39, 0.29) is 17.7 Å². The van der Waals surface area contributed by atoms with Gasteiger partial charge < -0.3 is 9.50 Å². The standard InChI is InChI=1S/C15H22N2O4S/c1-12(18)16-13-8-10-15(11-9-13)21-22(19,20)17(2)14-6-4-3-5-7-14/h8-11,14H,3-7H2,1-2H3,(H,16,18). The normalized spacial score (nSPS) is 16.5. The minimum Gasteiger partial charge on any atom is -0.371 e. The third-order valence-corrected chi connectivity index (χ3v) is 5.22. The van der Waals surface area contributed by atoms with Crippen LogP contribution in [0.3, 0.4) is 0 Å². The monoisotopic (exact) mass is 326 g/mol. The van der Waals surface area contributed by atoms with Crippen LogP contribution in [0.2, 0.25) is 0 Å². The molecular formula is C15H22N2O4S. The Hall–Kier alpha value is -1.60. The Balaban J connectivity index is 2.02. The number of rotatable bonds is 5. The van der Waals surface area contributed by atoms with Gasteiger partial charge in [0.15, 0.2) is 0 Å². The number of benzene rings is 1. The Bertz CT molecular complexity index is 607. The Labute approximate surface area is 131 Å². The maximum Gasteiger partial charge on any atom is 0.385 e. The summed E-state index contributed by atoms with van der Waals surface area (Å²) >= 11 is 0. The molecule has 0 radical (unpaired) electrons. The summed E-state index contributed by atoms with van der Waals surface area (Å²) in [4.78, 5) is 10.9. The Morgan fingerprint density at radius 1 is 1.18 bits per heavy atom. The topological polar surface area (TPSA) is 75.7 Å². The number of nitrogens with zero attached hydrogens (tertiary/aromatic N) is 1. The minimum absolute atomic E-state index is 0.0115. The smallest absolute Gasteiger partial charge is 0.371 e. The molecule has 1 aromatic rings. The largest absolute Gasteiger partial charge is 0.385 e. The second-order valence-electron chi connectivity index (χ2n) is 5.55. The van der Waals surface area contributed by atoms with Crippen LogP contribution in [0.1, 0.15) is 39.0 Å². The molecule has 0 atom stereocenters. The molecule has 1 fully saturated rings. The molecule has 0 aromatic heterocycles. The number of carbonyl (C=O) groups is 1. The fraction of sp³-hybridized carbons (Fsp3) is 0.533. The van der Waals surface area contributed by atoms with Crippen molar-refractivity contribution in [2.24, 2.45) is 0 Å².